The lowest BCUT2D eigenvalue weighted by molar-refractivity contribution is 0.527. The van der Waals surface area contributed by atoms with Crippen LogP contribution in [0.4, 0.5) is 4.39 Å². The van der Waals surface area contributed by atoms with E-state index in [9.17, 15) is 4.39 Å². The number of hydrogen-bond acceptors (Lipinski definition) is 2. The zero-order valence-electron chi connectivity index (χ0n) is 11.4. The molecule has 1 aromatic rings. The van der Waals surface area contributed by atoms with Crippen LogP contribution >= 0.6 is 0 Å². The Morgan fingerprint density at radius 3 is 2.89 bits per heavy atom. The maximum absolute atomic E-state index is 14.0. The van der Waals surface area contributed by atoms with Crippen molar-refractivity contribution in [2.75, 3.05) is 0 Å². The van der Waals surface area contributed by atoms with Crippen LogP contribution in [0, 0.1) is 5.41 Å². The number of rotatable bonds is 2. The lowest BCUT2D eigenvalue weighted by Gasteiger charge is -2.27. The molecule has 0 unspecified atom stereocenters. The van der Waals surface area contributed by atoms with E-state index in [1.807, 2.05) is 30.0 Å². The number of halogens is 1. The summed E-state index contributed by atoms with van der Waals surface area (Å²) in [5.74, 6) is -0.169. The van der Waals surface area contributed by atoms with E-state index >= 15 is 0 Å². The van der Waals surface area contributed by atoms with E-state index in [1.54, 1.807) is 6.08 Å². The van der Waals surface area contributed by atoms with Gasteiger partial charge in [0.2, 0.25) is 0 Å². The predicted octanol–water partition coefficient (Wildman–Crippen LogP) is 0.995. The van der Waals surface area contributed by atoms with Crippen molar-refractivity contribution in [3.05, 3.63) is 40.3 Å². The smallest absolute Gasteiger partial charge is 0.130 e. The van der Waals surface area contributed by atoms with Gasteiger partial charge in [-0.15, -0.1) is 0 Å². The lowest BCUT2D eigenvalue weighted by Crippen LogP contribution is -2.34. The van der Waals surface area contributed by atoms with Crippen LogP contribution in [0.3, 0.4) is 0 Å². The number of fused-ring (bicyclic) bond motifs is 2. The molecule has 0 saturated carbocycles. The largest absolute Gasteiger partial charge is 0.326 e. The van der Waals surface area contributed by atoms with E-state index in [0.29, 0.717) is 12.1 Å². The van der Waals surface area contributed by atoms with E-state index in [0.717, 1.165) is 16.1 Å². The molecule has 1 atom stereocenters. The maximum atomic E-state index is 14.0. The maximum Gasteiger partial charge on any atom is 0.130 e. The predicted molar refractivity (Wildman–Crippen MR) is 74.1 cm³/mol. The Bertz CT molecular complexity index is 717. The standard InChI is InChI=1S/C15H18FN3/c1-9(17)8-19-13-6-10-12(16)4-5-15(2,3)14(10)11(13)7-18-19/h4-7,9H,8,17H2,1-3H3/t9-/m1/s1. The first kappa shape index (κ1) is 12.4. The van der Waals surface area contributed by atoms with Crippen molar-refractivity contribution in [3.8, 4) is 0 Å². The van der Waals surface area contributed by atoms with E-state index in [4.69, 9.17) is 5.73 Å². The minimum atomic E-state index is -0.172. The van der Waals surface area contributed by atoms with Crippen LogP contribution in [0.5, 0.6) is 0 Å². The Morgan fingerprint density at radius 2 is 2.21 bits per heavy atom. The third-order valence-electron chi connectivity index (χ3n) is 3.71. The van der Waals surface area contributed by atoms with Gasteiger partial charge in [0.05, 0.1) is 18.1 Å². The van der Waals surface area contributed by atoms with Gasteiger partial charge in [0.25, 0.3) is 0 Å². The fraction of sp³-hybridized carbons (Fsp3) is 0.400. The van der Waals surface area contributed by atoms with Crippen molar-refractivity contribution in [1.82, 2.24) is 9.78 Å². The molecule has 1 heterocycles. The number of nitrogens with two attached hydrogens (primary N) is 1. The fourth-order valence-corrected chi connectivity index (χ4v) is 2.85. The van der Waals surface area contributed by atoms with Gasteiger partial charge in [-0.2, -0.15) is 5.10 Å². The van der Waals surface area contributed by atoms with E-state index in [-0.39, 0.29) is 17.3 Å². The average Bonchev–Trinajstić information content (AvgIpc) is 2.84. The second-order valence-corrected chi connectivity index (χ2v) is 5.94. The summed E-state index contributed by atoms with van der Waals surface area (Å²) in [6.45, 7) is 6.77. The van der Waals surface area contributed by atoms with E-state index < -0.39 is 0 Å². The van der Waals surface area contributed by atoms with E-state index in [1.165, 1.54) is 0 Å². The minimum Gasteiger partial charge on any atom is -0.326 e. The highest BCUT2D eigenvalue weighted by molar-refractivity contribution is 5.87. The Morgan fingerprint density at radius 1 is 1.47 bits per heavy atom. The van der Waals surface area contributed by atoms with Crippen molar-refractivity contribution in [2.24, 2.45) is 11.1 Å². The van der Waals surface area contributed by atoms with Crippen LogP contribution in [0.1, 0.15) is 20.8 Å². The molecular weight excluding hydrogens is 241 g/mol. The molecule has 3 nitrogen and oxygen atoms in total. The van der Waals surface area contributed by atoms with Crippen LogP contribution in [0.15, 0.2) is 29.7 Å². The molecule has 2 aliphatic rings. The number of allylic oxidation sites excluding steroid dienone is 4. The van der Waals surface area contributed by atoms with Gasteiger partial charge in [-0.1, -0.05) is 19.9 Å². The molecule has 19 heavy (non-hydrogen) atoms. The molecular formula is C15H18FN3. The van der Waals surface area contributed by atoms with Crippen LogP contribution in [0.25, 0.3) is 11.6 Å². The van der Waals surface area contributed by atoms with Gasteiger partial charge in [0.15, 0.2) is 0 Å². The first-order valence-electron chi connectivity index (χ1n) is 6.53. The number of hydrogen-bond donors (Lipinski definition) is 1. The summed E-state index contributed by atoms with van der Waals surface area (Å²) >= 11 is 0. The van der Waals surface area contributed by atoms with Crippen molar-refractivity contribution in [3.63, 3.8) is 0 Å². The highest BCUT2D eigenvalue weighted by Crippen LogP contribution is 2.41. The molecule has 0 radical (unpaired) electrons. The Hall–Kier alpha value is -1.68. The van der Waals surface area contributed by atoms with Gasteiger partial charge >= 0.3 is 0 Å². The molecule has 0 fully saturated rings. The summed E-state index contributed by atoms with van der Waals surface area (Å²) in [4.78, 5) is 0. The van der Waals surface area contributed by atoms with Gasteiger partial charge in [-0.25, -0.2) is 4.39 Å². The van der Waals surface area contributed by atoms with Crippen LogP contribution in [-0.2, 0) is 6.54 Å². The van der Waals surface area contributed by atoms with Gasteiger partial charge < -0.3 is 5.73 Å². The second-order valence-electron chi connectivity index (χ2n) is 5.94. The molecule has 0 aliphatic heterocycles. The summed E-state index contributed by atoms with van der Waals surface area (Å²) in [5, 5.41) is 6.37. The molecule has 0 amide bonds. The average molecular weight is 259 g/mol. The normalized spacial score (nSPS) is 21.2. The third kappa shape index (κ3) is 1.78. The monoisotopic (exact) mass is 259 g/mol. The Kier molecular flexibility index (Phi) is 2.54. The van der Waals surface area contributed by atoms with Gasteiger partial charge in [0.1, 0.15) is 5.83 Å². The Labute approximate surface area is 111 Å². The topological polar surface area (TPSA) is 43.8 Å². The molecule has 2 aliphatic carbocycles. The summed E-state index contributed by atoms with van der Waals surface area (Å²) in [6, 6.07) is 0.0231. The highest BCUT2D eigenvalue weighted by Gasteiger charge is 2.32. The molecule has 0 spiro atoms. The van der Waals surface area contributed by atoms with Crippen molar-refractivity contribution in [1.29, 1.82) is 0 Å². The molecule has 0 bridgehead atoms. The summed E-state index contributed by atoms with van der Waals surface area (Å²) in [6.07, 6.45) is 7.18. The summed E-state index contributed by atoms with van der Waals surface area (Å²) in [7, 11) is 0. The van der Waals surface area contributed by atoms with Crippen LogP contribution in [0.2, 0.25) is 0 Å². The first-order chi connectivity index (χ1) is 8.90. The van der Waals surface area contributed by atoms with Crippen LogP contribution in [-0.4, -0.2) is 15.8 Å². The molecule has 4 heteroatoms. The SMILES string of the molecule is C[C@@H](N)Cn1ncc2c1=CC1=C(F)C=CC(C)(C)C=21. The molecule has 3 rings (SSSR count). The minimum absolute atomic E-state index is 0.0231. The number of nitrogens with zero attached hydrogens (tertiary/aromatic N) is 2. The lowest BCUT2D eigenvalue weighted by atomic mass is 9.77. The molecule has 2 N–H and O–H groups in total. The van der Waals surface area contributed by atoms with Crippen molar-refractivity contribution >= 4 is 11.6 Å². The van der Waals surface area contributed by atoms with Crippen molar-refractivity contribution in [2.45, 2.75) is 33.4 Å². The quantitative estimate of drug-likeness (QED) is 0.861. The van der Waals surface area contributed by atoms with Gasteiger partial charge in [0, 0.05) is 22.2 Å². The van der Waals surface area contributed by atoms with E-state index in [2.05, 4.69) is 18.9 Å². The molecule has 1 aromatic heterocycles. The van der Waals surface area contributed by atoms with Crippen LogP contribution < -0.4 is 16.3 Å². The first-order valence-corrected chi connectivity index (χ1v) is 6.53. The van der Waals surface area contributed by atoms with Crippen molar-refractivity contribution < 1.29 is 4.39 Å². The summed E-state index contributed by atoms with van der Waals surface area (Å²) < 4.78 is 15.9. The fourth-order valence-electron chi connectivity index (χ4n) is 2.85. The second kappa shape index (κ2) is 3.90. The zero-order valence-corrected chi connectivity index (χ0v) is 11.4. The highest BCUT2D eigenvalue weighted by atomic mass is 19.1. The van der Waals surface area contributed by atoms with Gasteiger partial charge in [-0.3, -0.25) is 4.68 Å². The number of aromatic nitrogens is 2. The molecule has 100 valence electrons. The van der Waals surface area contributed by atoms with Gasteiger partial charge in [-0.05, 0) is 24.6 Å². The molecule has 0 aromatic carbocycles. The zero-order chi connectivity index (χ0) is 13.8. The molecule has 0 saturated heterocycles. The third-order valence-corrected chi connectivity index (χ3v) is 3.71. The Balaban J connectivity index is 2.28. The summed E-state index contributed by atoms with van der Waals surface area (Å²) in [5.41, 5.74) is 7.37.